The third-order valence-electron chi connectivity index (χ3n) is 2.33. The number of urea groups is 1. The van der Waals surface area contributed by atoms with Crippen molar-refractivity contribution >= 4 is 28.7 Å². The second kappa shape index (κ2) is 6.24. The van der Waals surface area contributed by atoms with E-state index < -0.39 is 44.7 Å². The first kappa shape index (κ1) is 15.8. The van der Waals surface area contributed by atoms with E-state index in [-0.39, 0.29) is 5.56 Å². The number of carboxylic acid groups (broad SMARTS) is 1. The summed E-state index contributed by atoms with van der Waals surface area (Å²) in [6.07, 6.45) is 0. The van der Waals surface area contributed by atoms with Crippen LogP contribution in [0.25, 0.3) is 0 Å². The van der Waals surface area contributed by atoms with E-state index in [1.165, 1.54) is 6.92 Å². The predicted octanol–water partition coefficient (Wildman–Crippen LogP) is 0.215. The van der Waals surface area contributed by atoms with Crippen LogP contribution in [0.1, 0.15) is 17.3 Å². The highest BCUT2D eigenvalue weighted by Crippen LogP contribution is 2.18. The van der Waals surface area contributed by atoms with E-state index >= 15 is 0 Å². The average molecular weight is 302 g/mol. The second-order valence-electron chi connectivity index (χ2n) is 3.74. The van der Waals surface area contributed by atoms with E-state index in [1.807, 2.05) is 0 Å². The number of carboxylic acids is 1. The lowest BCUT2D eigenvalue weighted by Gasteiger charge is -2.11. The molecule has 2 unspecified atom stereocenters. The summed E-state index contributed by atoms with van der Waals surface area (Å²) >= 11 is 0. The average Bonchev–Trinajstić information content (AvgIpc) is 2.36. The minimum atomic E-state index is -2.17. The van der Waals surface area contributed by atoms with Crippen molar-refractivity contribution in [2.45, 2.75) is 17.1 Å². The summed E-state index contributed by atoms with van der Waals surface area (Å²) in [7, 11) is -2.17. The van der Waals surface area contributed by atoms with Crippen LogP contribution in [-0.2, 0) is 15.6 Å². The molecule has 0 aliphatic heterocycles. The van der Waals surface area contributed by atoms with Gasteiger partial charge in [-0.3, -0.25) is 14.3 Å². The SMILES string of the molecule is CC(C(=O)NC(N)=O)S(=O)c1cc(C(=O)O)ccc1F. The number of nitrogens with two attached hydrogens (primary N) is 1. The van der Waals surface area contributed by atoms with Gasteiger partial charge in [-0.1, -0.05) is 0 Å². The van der Waals surface area contributed by atoms with Crippen LogP contribution in [0.3, 0.4) is 0 Å². The molecule has 1 rings (SSSR count). The number of rotatable bonds is 4. The van der Waals surface area contributed by atoms with Crippen molar-refractivity contribution in [3.63, 3.8) is 0 Å². The molecule has 20 heavy (non-hydrogen) atoms. The van der Waals surface area contributed by atoms with Crippen molar-refractivity contribution in [3.8, 4) is 0 Å². The molecule has 0 radical (unpaired) electrons. The maximum atomic E-state index is 13.6. The summed E-state index contributed by atoms with van der Waals surface area (Å²) in [5.74, 6) is -3.18. The number of benzene rings is 1. The molecule has 0 fully saturated rings. The third-order valence-corrected chi connectivity index (χ3v) is 3.93. The molecule has 0 aromatic heterocycles. The van der Waals surface area contributed by atoms with Gasteiger partial charge in [-0.05, 0) is 25.1 Å². The molecule has 3 amide bonds. The van der Waals surface area contributed by atoms with Crippen molar-refractivity contribution in [1.29, 1.82) is 0 Å². The first-order valence-corrected chi connectivity index (χ1v) is 6.49. The summed E-state index contributed by atoms with van der Waals surface area (Å²) in [4.78, 5) is 32.3. The monoisotopic (exact) mass is 302 g/mol. The number of carbonyl (C=O) groups is 3. The van der Waals surface area contributed by atoms with E-state index in [0.29, 0.717) is 0 Å². The smallest absolute Gasteiger partial charge is 0.335 e. The van der Waals surface area contributed by atoms with Gasteiger partial charge in [0.2, 0.25) is 5.91 Å². The molecule has 108 valence electrons. The van der Waals surface area contributed by atoms with Gasteiger partial charge in [0.25, 0.3) is 0 Å². The zero-order valence-electron chi connectivity index (χ0n) is 10.3. The molecule has 0 heterocycles. The Morgan fingerprint density at radius 2 is 2.00 bits per heavy atom. The molecular formula is C11H11FN2O5S. The molecule has 1 aromatic rings. The number of halogens is 1. The molecule has 1 aromatic carbocycles. The Morgan fingerprint density at radius 1 is 1.40 bits per heavy atom. The fraction of sp³-hybridized carbons (Fsp3) is 0.182. The standard InChI is InChI=1S/C11H11FN2O5S/c1-5(9(15)14-11(13)18)20(19)8-4-6(10(16)17)2-3-7(8)12/h2-5H,1H3,(H,16,17)(H3,13,14,15,18). The van der Waals surface area contributed by atoms with Crippen molar-refractivity contribution in [2.75, 3.05) is 0 Å². The molecule has 0 aliphatic rings. The topological polar surface area (TPSA) is 127 Å². The maximum absolute atomic E-state index is 13.6. The van der Waals surface area contributed by atoms with Crippen LogP contribution in [0.5, 0.6) is 0 Å². The predicted molar refractivity (Wildman–Crippen MR) is 67.0 cm³/mol. The van der Waals surface area contributed by atoms with E-state index in [2.05, 4.69) is 0 Å². The third kappa shape index (κ3) is 3.60. The molecule has 2 atom stereocenters. The molecule has 0 bridgehead atoms. The zero-order chi connectivity index (χ0) is 15.4. The number of primary amides is 1. The normalized spacial score (nSPS) is 13.3. The maximum Gasteiger partial charge on any atom is 0.335 e. The second-order valence-corrected chi connectivity index (χ2v) is 5.49. The lowest BCUT2D eigenvalue weighted by molar-refractivity contribution is -0.119. The molecular weight excluding hydrogens is 291 g/mol. The summed E-state index contributed by atoms with van der Waals surface area (Å²) in [5, 5.41) is 9.23. The van der Waals surface area contributed by atoms with Gasteiger partial charge in [-0.15, -0.1) is 0 Å². The summed E-state index contributed by atoms with van der Waals surface area (Å²) in [6.45, 7) is 1.20. The zero-order valence-corrected chi connectivity index (χ0v) is 11.1. The van der Waals surface area contributed by atoms with Gasteiger partial charge in [0.05, 0.1) is 21.3 Å². The van der Waals surface area contributed by atoms with Gasteiger partial charge < -0.3 is 10.8 Å². The highest BCUT2D eigenvalue weighted by atomic mass is 32.2. The molecule has 7 nitrogen and oxygen atoms in total. The van der Waals surface area contributed by atoms with Gasteiger partial charge in [0.15, 0.2) is 0 Å². The van der Waals surface area contributed by atoms with Gasteiger partial charge in [0.1, 0.15) is 11.1 Å². The number of aromatic carboxylic acids is 1. The number of amides is 3. The Balaban J connectivity index is 3.08. The largest absolute Gasteiger partial charge is 0.478 e. The van der Waals surface area contributed by atoms with Crippen LogP contribution >= 0.6 is 0 Å². The van der Waals surface area contributed by atoms with Crippen LogP contribution in [0.4, 0.5) is 9.18 Å². The van der Waals surface area contributed by atoms with Crippen molar-refractivity contribution in [2.24, 2.45) is 5.73 Å². The van der Waals surface area contributed by atoms with Gasteiger partial charge in [-0.25, -0.2) is 14.0 Å². The van der Waals surface area contributed by atoms with Gasteiger partial charge in [0, 0.05) is 0 Å². The Morgan fingerprint density at radius 3 is 2.50 bits per heavy atom. The molecule has 0 aliphatic carbocycles. The molecule has 0 saturated carbocycles. The number of hydrogen-bond donors (Lipinski definition) is 3. The lowest BCUT2D eigenvalue weighted by Crippen LogP contribution is -2.42. The van der Waals surface area contributed by atoms with Crippen molar-refractivity contribution < 1.29 is 28.1 Å². The Hall–Kier alpha value is -2.29. The fourth-order valence-electron chi connectivity index (χ4n) is 1.30. The Labute approximate surface area is 115 Å². The highest BCUT2D eigenvalue weighted by molar-refractivity contribution is 7.86. The first-order valence-electron chi connectivity index (χ1n) is 5.27. The van der Waals surface area contributed by atoms with Crippen LogP contribution in [-0.4, -0.2) is 32.5 Å². The van der Waals surface area contributed by atoms with Gasteiger partial charge in [-0.2, -0.15) is 0 Å². The van der Waals surface area contributed by atoms with Crippen LogP contribution < -0.4 is 11.1 Å². The van der Waals surface area contributed by atoms with Crippen LogP contribution in [0.2, 0.25) is 0 Å². The molecule has 0 spiro atoms. The number of nitrogens with one attached hydrogen (secondary N) is 1. The molecule has 0 saturated heterocycles. The van der Waals surface area contributed by atoms with Crippen LogP contribution in [0, 0.1) is 5.82 Å². The van der Waals surface area contributed by atoms with E-state index in [0.717, 1.165) is 18.2 Å². The number of carbonyl (C=O) groups excluding carboxylic acids is 2. The number of imide groups is 1. The van der Waals surface area contributed by atoms with Gasteiger partial charge >= 0.3 is 12.0 Å². The summed E-state index contributed by atoms with van der Waals surface area (Å²) in [6, 6.07) is 1.60. The van der Waals surface area contributed by atoms with E-state index in [4.69, 9.17) is 10.8 Å². The summed E-state index contributed by atoms with van der Waals surface area (Å²) in [5.41, 5.74) is 4.48. The Bertz CT molecular complexity index is 604. The molecule has 4 N–H and O–H groups in total. The minimum absolute atomic E-state index is 0.266. The van der Waals surface area contributed by atoms with E-state index in [1.54, 1.807) is 5.32 Å². The minimum Gasteiger partial charge on any atom is -0.478 e. The quantitative estimate of drug-likeness (QED) is 0.733. The molecule has 9 heteroatoms. The Kier molecular flexibility index (Phi) is 4.92. The van der Waals surface area contributed by atoms with Crippen molar-refractivity contribution in [3.05, 3.63) is 29.6 Å². The fourth-order valence-corrected chi connectivity index (χ4v) is 2.44. The van der Waals surface area contributed by atoms with E-state index in [9.17, 15) is 23.0 Å². The first-order chi connectivity index (χ1) is 9.23. The lowest BCUT2D eigenvalue weighted by atomic mass is 10.2. The number of hydrogen-bond acceptors (Lipinski definition) is 4. The van der Waals surface area contributed by atoms with Crippen LogP contribution in [0.15, 0.2) is 23.1 Å². The summed E-state index contributed by atoms with van der Waals surface area (Å²) < 4.78 is 25.6. The highest BCUT2D eigenvalue weighted by Gasteiger charge is 2.25. The van der Waals surface area contributed by atoms with Crippen molar-refractivity contribution in [1.82, 2.24) is 5.32 Å².